The largest absolute Gasteiger partial charge is 0.454 e. The number of nitrogens with zero attached hydrogens (tertiary/aromatic N) is 1. The minimum Gasteiger partial charge on any atom is -0.454 e. The maximum Gasteiger partial charge on any atom is 0.325 e. The number of benzene rings is 2. The van der Waals surface area contributed by atoms with Crippen molar-refractivity contribution in [3.63, 3.8) is 0 Å². The summed E-state index contributed by atoms with van der Waals surface area (Å²) < 4.78 is 10.5. The fraction of sp³-hybridized carbons (Fsp3) is 0.286. The number of carbonyl (C=O) groups is 3. The van der Waals surface area contributed by atoms with Gasteiger partial charge in [0, 0.05) is 11.8 Å². The van der Waals surface area contributed by atoms with Gasteiger partial charge >= 0.3 is 6.03 Å². The number of urea groups is 1. The van der Waals surface area contributed by atoms with Gasteiger partial charge in [0.25, 0.3) is 5.91 Å². The molecule has 0 radical (unpaired) electrons. The van der Waals surface area contributed by atoms with Gasteiger partial charge in [0.15, 0.2) is 11.5 Å². The molecule has 3 aliphatic rings. The highest BCUT2D eigenvalue weighted by molar-refractivity contribution is 6.10. The van der Waals surface area contributed by atoms with E-state index in [0.29, 0.717) is 23.6 Å². The summed E-state index contributed by atoms with van der Waals surface area (Å²) >= 11 is 0. The van der Waals surface area contributed by atoms with E-state index in [9.17, 15) is 14.4 Å². The van der Waals surface area contributed by atoms with Gasteiger partial charge in [-0.2, -0.15) is 0 Å². The zero-order valence-electron chi connectivity index (χ0n) is 15.6. The topological polar surface area (TPSA) is 97.0 Å². The summed E-state index contributed by atoms with van der Waals surface area (Å²) in [7, 11) is 0. The third-order valence-corrected chi connectivity index (χ3v) is 5.61. The summed E-state index contributed by atoms with van der Waals surface area (Å²) in [5, 5.41) is 5.55. The van der Waals surface area contributed by atoms with Gasteiger partial charge in [-0.25, -0.2) is 4.79 Å². The molecular weight excluding hydrogens is 374 g/mol. The molecule has 1 unspecified atom stereocenters. The standard InChI is InChI=1S/C21H19N3O5/c25-18(22-14-7-8-16-17(10-14)29-12-28-16)11-24-19(26)21(23-20(24)27)9-3-5-13-4-1-2-6-15(13)21/h1-2,4,6-8,10H,3,5,9,11-12H2,(H,22,25)(H,23,27). The lowest BCUT2D eigenvalue weighted by Crippen LogP contribution is -2.47. The lowest BCUT2D eigenvalue weighted by atomic mass is 9.76. The third-order valence-electron chi connectivity index (χ3n) is 5.61. The summed E-state index contributed by atoms with van der Waals surface area (Å²) in [6.45, 7) is -0.220. The van der Waals surface area contributed by atoms with Gasteiger partial charge in [-0.05, 0) is 42.5 Å². The van der Waals surface area contributed by atoms with Crippen LogP contribution in [0, 0.1) is 0 Å². The Bertz CT molecular complexity index is 1040. The summed E-state index contributed by atoms with van der Waals surface area (Å²) in [6, 6.07) is 12.1. The normalized spacial score (nSPS) is 21.9. The first-order valence-electron chi connectivity index (χ1n) is 9.49. The van der Waals surface area contributed by atoms with Crippen LogP contribution < -0.4 is 20.1 Å². The smallest absolute Gasteiger partial charge is 0.325 e. The maximum absolute atomic E-state index is 13.2. The van der Waals surface area contributed by atoms with Gasteiger partial charge in [-0.1, -0.05) is 24.3 Å². The lowest BCUT2D eigenvalue weighted by Gasteiger charge is -2.33. The number of amides is 4. The number of imide groups is 1. The molecule has 2 aromatic carbocycles. The monoisotopic (exact) mass is 393 g/mol. The van der Waals surface area contributed by atoms with Crippen LogP contribution in [0.1, 0.15) is 24.0 Å². The Morgan fingerprint density at radius 2 is 1.97 bits per heavy atom. The van der Waals surface area contributed by atoms with E-state index < -0.39 is 17.5 Å². The van der Waals surface area contributed by atoms with Crippen LogP contribution in [0.5, 0.6) is 11.5 Å². The molecule has 1 saturated heterocycles. The van der Waals surface area contributed by atoms with Crippen molar-refractivity contribution in [2.24, 2.45) is 0 Å². The first-order chi connectivity index (χ1) is 14.1. The highest BCUT2D eigenvalue weighted by atomic mass is 16.7. The van der Waals surface area contributed by atoms with Crippen LogP contribution in [0.3, 0.4) is 0 Å². The molecule has 0 bridgehead atoms. The summed E-state index contributed by atoms with van der Waals surface area (Å²) in [4.78, 5) is 39.3. The summed E-state index contributed by atoms with van der Waals surface area (Å²) in [5.41, 5.74) is 1.30. The average molecular weight is 393 g/mol. The van der Waals surface area contributed by atoms with Crippen molar-refractivity contribution in [1.29, 1.82) is 0 Å². The minimum atomic E-state index is -1.08. The Balaban J connectivity index is 1.34. The molecule has 2 aromatic rings. The van der Waals surface area contributed by atoms with Crippen molar-refractivity contribution in [1.82, 2.24) is 10.2 Å². The molecule has 1 atom stereocenters. The van der Waals surface area contributed by atoms with Gasteiger partial charge in [0.1, 0.15) is 12.1 Å². The second-order valence-corrected chi connectivity index (χ2v) is 7.35. The molecule has 0 saturated carbocycles. The summed E-state index contributed by atoms with van der Waals surface area (Å²) in [6.07, 6.45) is 2.18. The van der Waals surface area contributed by atoms with Gasteiger partial charge in [0.2, 0.25) is 12.7 Å². The minimum absolute atomic E-state index is 0.138. The van der Waals surface area contributed by atoms with Crippen LogP contribution in [0.25, 0.3) is 0 Å². The number of fused-ring (bicyclic) bond motifs is 3. The van der Waals surface area contributed by atoms with Gasteiger partial charge in [-0.3, -0.25) is 14.5 Å². The number of aryl methyl sites for hydroxylation is 1. The second-order valence-electron chi connectivity index (χ2n) is 7.35. The van der Waals surface area contributed by atoms with Crippen molar-refractivity contribution in [2.45, 2.75) is 24.8 Å². The number of rotatable bonds is 3. The molecular formula is C21H19N3O5. The van der Waals surface area contributed by atoms with Crippen LogP contribution in [0.2, 0.25) is 0 Å². The van der Waals surface area contributed by atoms with Crippen LogP contribution in [0.15, 0.2) is 42.5 Å². The van der Waals surface area contributed by atoms with Crippen molar-refractivity contribution >= 4 is 23.5 Å². The van der Waals surface area contributed by atoms with E-state index in [1.165, 1.54) is 0 Å². The highest BCUT2D eigenvalue weighted by Gasteiger charge is 2.54. The molecule has 1 spiro atoms. The maximum atomic E-state index is 13.2. The number of carbonyl (C=O) groups excluding carboxylic acids is 3. The van der Waals surface area contributed by atoms with E-state index in [-0.39, 0.29) is 19.2 Å². The molecule has 29 heavy (non-hydrogen) atoms. The molecule has 5 rings (SSSR count). The number of nitrogens with one attached hydrogen (secondary N) is 2. The predicted octanol–water partition coefficient (Wildman–Crippen LogP) is 2.14. The molecule has 8 heteroatoms. The SMILES string of the molecule is O=C(CN1C(=O)NC2(CCCc3ccccc32)C1=O)Nc1ccc2c(c1)OCO2. The fourth-order valence-electron chi connectivity index (χ4n) is 4.27. The molecule has 1 fully saturated rings. The highest BCUT2D eigenvalue weighted by Crippen LogP contribution is 2.40. The number of ether oxygens (including phenoxy) is 2. The molecule has 0 aromatic heterocycles. The summed E-state index contributed by atoms with van der Waals surface area (Å²) in [5.74, 6) is 0.301. The molecule has 8 nitrogen and oxygen atoms in total. The van der Waals surface area contributed by atoms with E-state index in [2.05, 4.69) is 10.6 Å². The second kappa shape index (κ2) is 6.51. The van der Waals surface area contributed by atoms with E-state index in [4.69, 9.17) is 9.47 Å². The Hall–Kier alpha value is -3.55. The molecule has 2 N–H and O–H groups in total. The molecule has 148 valence electrons. The van der Waals surface area contributed by atoms with E-state index in [1.807, 2.05) is 24.3 Å². The number of anilines is 1. The van der Waals surface area contributed by atoms with Gasteiger partial charge < -0.3 is 20.1 Å². The molecule has 2 heterocycles. The molecule has 1 aliphatic carbocycles. The zero-order chi connectivity index (χ0) is 20.0. The van der Waals surface area contributed by atoms with Crippen LogP contribution in [0.4, 0.5) is 10.5 Å². The quantitative estimate of drug-likeness (QED) is 0.779. The van der Waals surface area contributed by atoms with Gasteiger partial charge in [0.05, 0.1) is 0 Å². The Morgan fingerprint density at radius 1 is 1.14 bits per heavy atom. The van der Waals surface area contributed by atoms with Crippen molar-refractivity contribution in [3.05, 3.63) is 53.6 Å². The van der Waals surface area contributed by atoms with Crippen LogP contribution in [-0.4, -0.2) is 36.1 Å². The Morgan fingerprint density at radius 3 is 2.86 bits per heavy atom. The third kappa shape index (κ3) is 2.79. The Kier molecular flexibility index (Phi) is 3.94. The number of hydrogen-bond donors (Lipinski definition) is 2. The average Bonchev–Trinajstić information content (AvgIpc) is 3.27. The first-order valence-corrected chi connectivity index (χ1v) is 9.49. The lowest BCUT2D eigenvalue weighted by molar-refractivity contribution is -0.134. The Labute approximate surface area is 166 Å². The fourth-order valence-corrected chi connectivity index (χ4v) is 4.27. The van der Waals surface area contributed by atoms with E-state index in [0.717, 1.165) is 28.9 Å². The van der Waals surface area contributed by atoms with Crippen LogP contribution >= 0.6 is 0 Å². The van der Waals surface area contributed by atoms with E-state index in [1.54, 1.807) is 18.2 Å². The predicted molar refractivity (Wildman–Crippen MR) is 102 cm³/mol. The van der Waals surface area contributed by atoms with Crippen molar-refractivity contribution in [2.75, 3.05) is 18.7 Å². The van der Waals surface area contributed by atoms with Gasteiger partial charge in [-0.15, -0.1) is 0 Å². The van der Waals surface area contributed by atoms with E-state index >= 15 is 0 Å². The van der Waals surface area contributed by atoms with Crippen molar-refractivity contribution in [3.8, 4) is 11.5 Å². The van der Waals surface area contributed by atoms with Crippen molar-refractivity contribution < 1.29 is 23.9 Å². The zero-order valence-corrected chi connectivity index (χ0v) is 15.6. The number of hydrogen-bond acceptors (Lipinski definition) is 5. The molecule has 4 amide bonds. The van der Waals surface area contributed by atoms with Crippen LogP contribution in [-0.2, 0) is 21.5 Å². The first kappa shape index (κ1) is 17.5. The molecule has 2 aliphatic heterocycles.